The van der Waals surface area contributed by atoms with Crippen LogP contribution >= 0.6 is 0 Å². The third kappa shape index (κ3) is 2.85. The van der Waals surface area contributed by atoms with Gasteiger partial charge in [0.25, 0.3) is 0 Å². The maximum absolute atomic E-state index is 2.91. The molecule has 0 nitrogen and oxygen atoms in total. The number of hydrogen-bond donors (Lipinski definition) is 0. The summed E-state index contributed by atoms with van der Waals surface area (Å²) in [5.74, 6) is 0. The summed E-state index contributed by atoms with van der Waals surface area (Å²) in [4.78, 5) is 0. The molecule has 0 unspecified atom stereocenters. The van der Waals surface area contributed by atoms with E-state index in [2.05, 4.69) is 37.4 Å². The molecule has 0 N–H and O–H groups in total. The van der Waals surface area contributed by atoms with E-state index in [0.29, 0.717) is 0 Å². The van der Waals surface area contributed by atoms with Crippen molar-refractivity contribution in [3.05, 3.63) is 21.9 Å². The molecule has 3 heteroatoms. The van der Waals surface area contributed by atoms with Crippen molar-refractivity contribution in [3.8, 4) is 0 Å². The predicted octanol–water partition coefficient (Wildman–Crippen LogP) is 2.07. The maximum Gasteiger partial charge on any atom is -0.269 e. The van der Waals surface area contributed by atoms with Gasteiger partial charge in [-0.05, 0) is 0 Å². The fraction of sp³-hybridized carbons (Fsp3) is 0.333. The zero-order valence-corrected chi connectivity index (χ0v) is 6.65. The second-order valence-corrected chi connectivity index (χ2v) is 2.66. The Morgan fingerprint density at radius 2 is 2.00 bits per heavy atom. The molecule has 56 valence electrons. The molecular formula is C6H9F2Rh. The molecule has 1 aliphatic carbocycles. The number of rotatable bonds is 0. The van der Waals surface area contributed by atoms with Gasteiger partial charge in [-0.15, -0.1) is 0 Å². The smallest absolute Gasteiger partial charge is 0.269 e. The standard InChI is InChI=1S/C6H7.2FH.Rh/c1-6-4-2-3-5-6;;;/h2,4H,3H2,1H3;2*1H;. The number of halogens is 2. The second kappa shape index (κ2) is 4.81. The zero-order chi connectivity index (χ0) is 5.28. The summed E-state index contributed by atoms with van der Waals surface area (Å²) in [5.41, 5.74) is 1.40. The van der Waals surface area contributed by atoms with E-state index in [1.54, 1.807) is 0 Å². The Bertz CT molecular complexity index is 138. The third-order valence-electron chi connectivity index (χ3n) is 1.07. The van der Waals surface area contributed by atoms with Crippen LogP contribution < -0.4 is 0 Å². The van der Waals surface area contributed by atoms with Crippen molar-refractivity contribution in [2.24, 2.45) is 0 Å². The minimum atomic E-state index is 0. The number of allylic oxidation sites excluding steroid dienone is 4. The Hall–Kier alpha value is -0.0366. The summed E-state index contributed by atoms with van der Waals surface area (Å²) in [6.07, 6.45) is 5.44. The summed E-state index contributed by atoms with van der Waals surface area (Å²) in [6.45, 7) is 2.12. The van der Waals surface area contributed by atoms with Crippen molar-refractivity contribution in [2.45, 2.75) is 13.3 Å². The van der Waals surface area contributed by atoms with Crippen LogP contribution in [0, 0.1) is 0 Å². The minimum Gasteiger partial charge on any atom is -0.269 e. The van der Waals surface area contributed by atoms with E-state index >= 15 is 0 Å². The Kier molecular flexibility index (Phi) is 6.26. The molecule has 0 heterocycles. The van der Waals surface area contributed by atoms with Gasteiger partial charge in [0.05, 0.1) is 0 Å². The first-order valence-corrected chi connectivity index (χ1v) is 3.12. The second-order valence-electron chi connectivity index (χ2n) is 1.67. The fourth-order valence-electron chi connectivity index (χ4n) is 0.582. The van der Waals surface area contributed by atoms with Gasteiger partial charge in [-0.3, -0.25) is 9.41 Å². The monoisotopic (exact) mass is 222 g/mol. The van der Waals surface area contributed by atoms with Crippen LogP contribution in [-0.4, -0.2) is 0 Å². The Morgan fingerprint density at radius 1 is 1.44 bits per heavy atom. The summed E-state index contributed by atoms with van der Waals surface area (Å²) < 4.78 is 1.40. The van der Waals surface area contributed by atoms with Crippen molar-refractivity contribution in [1.29, 1.82) is 0 Å². The van der Waals surface area contributed by atoms with Crippen molar-refractivity contribution < 1.29 is 27.7 Å². The van der Waals surface area contributed by atoms with E-state index in [4.69, 9.17) is 0 Å². The van der Waals surface area contributed by atoms with E-state index in [0.717, 1.165) is 6.42 Å². The van der Waals surface area contributed by atoms with Crippen LogP contribution in [0.5, 0.6) is 0 Å². The van der Waals surface area contributed by atoms with E-state index in [1.807, 2.05) is 0 Å². The molecule has 0 spiro atoms. The van der Waals surface area contributed by atoms with Crippen LogP contribution in [-0.2, 0) is 18.3 Å². The molecule has 0 fully saturated rings. The summed E-state index contributed by atoms with van der Waals surface area (Å²) in [5, 5.41) is 0. The van der Waals surface area contributed by atoms with Crippen molar-refractivity contribution in [2.75, 3.05) is 0 Å². The van der Waals surface area contributed by atoms with E-state index in [1.165, 1.54) is 9.74 Å². The van der Waals surface area contributed by atoms with Crippen LogP contribution in [0.4, 0.5) is 9.41 Å². The Labute approximate surface area is 63.4 Å². The first kappa shape index (κ1) is 11.7. The van der Waals surface area contributed by atoms with Gasteiger partial charge >= 0.3 is 53.5 Å². The first-order valence-electron chi connectivity index (χ1n) is 2.30. The molecule has 0 saturated carbocycles. The first-order chi connectivity index (χ1) is 3.30. The normalized spacial score (nSPS) is 15.0. The fourth-order valence-corrected chi connectivity index (χ4v) is 0.911. The third-order valence-corrected chi connectivity index (χ3v) is 2.05. The molecule has 0 amide bonds. The Morgan fingerprint density at radius 3 is 2.11 bits per heavy atom. The molecule has 0 aliphatic heterocycles. The molecule has 0 atom stereocenters. The SMILES string of the molecule is CC1=[C]([Rh])CC=C1.F.F. The molecule has 0 radical (unpaired) electrons. The van der Waals surface area contributed by atoms with Gasteiger partial charge in [-0.25, -0.2) is 0 Å². The van der Waals surface area contributed by atoms with E-state index < -0.39 is 0 Å². The summed E-state index contributed by atoms with van der Waals surface area (Å²) in [6, 6.07) is 0. The van der Waals surface area contributed by atoms with Gasteiger partial charge in [0.15, 0.2) is 0 Å². The summed E-state index contributed by atoms with van der Waals surface area (Å²) in [7, 11) is 0. The quantitative estimate of drug-likeness (QED) is 0.550. The summed E-state index contributed by atoms with van der Waals surface area (Å²) >= 11 is 2.91. The molecular weight excluding hydrogens is 213 g/mol. The van der Waals surface area contributed by atoms with Gasteiger partial charge in [-0.2, -0.15) is 0 Å². The average molecular weight is 222 g/mol. The van der Waals surface area contributed by atoms with Crippen LogP contribution in [0.3, 0.4) is 0 Å². The molecule has 0 aromatic rings. The minimum absolute atomic E-state index is 0. The topological polar surface area (TPSA) is 0 Å². The maximum atomic E-state index is 2.91. The van der Waals surface area contributed by atoms with E-state index in [-0.39, 0.29) is 9.41 Å². The van der Waals surface area contributed by atoms with E-state index in [9.17, 15) is 0 Å². The molecule has 0 aromatic heterocycles. The molecule has 0 aromatic carbocycles. The van der Waals surface area contributed by atoms with Crippen molar-refractivity contribution >= 4 is 0 Å². The van der Waals surface area contributed by atoms with Crippen molar-refractivity contribution in [3.63, 3.8) is 0 Å². The van der Waals surface area contributed by atoms with Crippen LogP contribution in [0.1, 0.15) is 13.3 Å². The molecule has 1 aliphatic rings. The molecule has 9 heavy (non-hydrogen) atoms. The number of hydrogen-bond acceptors (Lipinski definition) is 0. The van der Waals surface area contributed by atoms with Gasteiger partial charge < -0.3 is 0 Å². The zero-order valence-electron chi connectivity index (χ0n) is 5.01. The van der Waals surface area contributed by atoms with Gasteiger partial charge in [0.1, 0.15) is 0 Å². The van der Waals surface area contributed by atoms with Gasteiger partial charge in [0.2, 0.25) is 0 Å². The van der Waals surface area contributed by atoms with Crippen LogP contribution in [0.25, 0.3) is 0 Å². The van der Waals surface area contributed by atoms with Crippen LogP contribution in [0.15, 0.2) is 21.9 Å². The Balaban J connectivity index is 0. The van der Waals surface area contributed by atoms with Crippen molar-refractivity contribution in [1.82, 2.24) is 0 Å². The van der Waals surface area contributed by atoms with Crippen LogP contribution in [0.2, 0.25) is 0 Å². The molecule has 1 rings (SSSR count). The average Bonchev–Trinajstić information content (AvgIpc) is 1.91. The van der Waals surface area contributed by atoms with Gasteiger partial charge in [-0.1, -0.05) is 0 Å². The van der Waals surface area contributed by atoms with Gasteiger partial charge in [0, 0.05) is 0 Å². The molecule has 0 saturated heterocycles. The molecule has 0 bridgehead atoms. The predicted molar refractivity (Wildman–Crippen MR) is 31.5 cm³/mol. The largest absolute Gasteiger partial charge is 0.269 e.